The molecule has 0 saturated heterocycles. The van der Waals surface area contributed by atoms with Crippen molar-refractivity contribution in [3.8, 4) is 0 Å². The number of esters is 2. The van der Waals surface area contributed by atoms with Crippen LogP contribution in [0, 0.1) is 6.92 Å². The van der Waals surface area contributed by atoms with E-state index in [1.54, 1.807) is 19.1 Å². The number of nitrogens with one attached hydrogen (secondary N) is 1. The highest BCUT2D eigenvalue weighted by Crippen LogP contribution is 2.31. The van der Waals surface area contributed by atoms with Gasteiger partial charge in [-0.3, -0.25) is 9.52 Å². The number of methoxy groups -OCH3 is 2. The molecule has 2 aromatic rings. The van der Waals surface area contributed by atoms with E-state index in [2.05, 4.69) is 14.2 Å². The van der Waals surface area contributed by atoms with E-state index in [1.807, 2.05) is 0 Å². The van der Waals surface area contributed by atoms with Crippen molar-refractivity contribution in [2.24, 2.45) is 0 Å². The van der Waals surface area contributed by atoms with E-state index in [0.717, 1.165) is 18.7 Å². The summed E-state index contributed by atoms with van der Waals surface area (Å²) in [6.45, 7) is 1.74. The van der Waals surface area contributed by atoms with Gasteiger partial charge in [-0.05, 0) is 42.3 Å². The van der Waals surface area contributed by atoms with E-state index < -0.39 is 39.5 Å². The SMILES string of the molecule is COC(=O)Cc1cc(C)ccc1NS(=O)(=O)Cc1cc(C(F)(F)F)ccc1C(=O)OC. The first-order valence-electron chi connectivity index (χ1n) is 8.81. The summed E-state index contributed by atoms with van der Waals surface area (Å²) in [5.74, 6) is -2.50. The van der Waals surface area contributed by atoms with E-state index in [-0.39, 0.29) is 23.2 Å². The number of carbonyl (C=O) groups is 2. The number of ether oxygens (including phenoxy) is 2. The van der Waals surface area contributed by atoms with Gasteiger partial charge in [0.1, 0.15) is 0 Å². The summed E-state index contributed by atoms with van der Waals surface area (Å²) in [7, 11) is -2.06. The van der Waals surface area contributed by atoms with Gasteiger partial charge in [0, 0.05) is 0 Å². The molecule has 2 aromatic carbocycles. The predicted octanol–water partition coefficient (Wildman–Crippen LogP) is 3.46. The van der Waals surface area contributed by atoms with E-state index in [1.165, 1.54) is 13.2 Å². The van der Waals surface area contributed by atoms with E-state index >= 15 is 0 Å². The van der Waals surface area contributed by atoms with Crippen LogP contribution in [0.25, 0.3) is 0 Å². The molecule has 0 fully saturated rings. The van der Waals surface area contributed by atoms with Crippen molar-refractivity contribution in [3.05, 3.63) is 64.2 Å². The number of benzene rings is 2. The van der Waals surface area contributed by atoms with Crippen molar-refractivity contribution >= 4 is 27.6 Å². The summed E-state index contributed by atoms with van der Waals surface area (Å²) in [6, 6.07) is 6.74. The lowest BCUT2D eigenvalue weighted by atomic mass is 10.0. The minimum absolute atomic E-state index is 0.0718. The van der Waals surface area contributed by atoms with Crippen LogP contribution in [0.2, 0.25) is 0 Å². The molecule has 11 heteroatoms. The first-order valence-corrected chi connectivity index (χ1v) is 10.5. The van der Waals surface area contributed by atoms with Crippen molar-refractivity contribution in [2.75, 3.05) is 18.9 Å². The molecule has 0 heterocycles. The summed E-state index contributed by atoms with van der Waals surface area (Å²) in [6.07, 6.45) is -4.95. The number of anilines is 1. The number of sulfonamides is 1. The lowest BCUT2D eigenvalue weighted by Crippen LogP contribution is -2.20. The van der Waals surface area contributed by atoms with Crippen LogP contribution in [0.5, 0.6) is 0 Å². The van der Waals surface area contributed by atoms with Gasteiger partial charge < -0.3 is 9.47 Å². The van der Waals surface area contributed by atoms with Crippen LogP contribution in [0.3, 0.4) is 0 Å². The highest BCUT2D eigenvalue weighted by atomic mass is 32.2. The third-order valence-electron chi connectivity index (χ3n) is 4.27. The molecule has 0 aliphatic rings. The number of hydrogen-bond donors (Lipinski definition) is 1. The summed E-state index contributed by atoms with van der Waals surface area (Å²) in [4.78, 5) is 23.5. The normalized spacial score (nSPS) is 11.7. The van der Waals surface area contributed by atoms with Crippen molar-refractivity contribution in [1.82, 2.24) is 0 Å². The monoisotopic (exact) mass is 459 g/mol. The average Bonchev–Trinajstić information content (AvgIpc) is 2.68. The fraction of sp³-hybridized carbons (Fsp3) is 0.300. The van der Waals surface area contributed by atoms with Gasteiger partial charge in [-0.1, -0.05) is 17.7 Å². The Labute approximate surface area is 177 Å². The second-order valence-corrected chi connectivity index (χ2v) is 8.36. The average molecular weight is 459 g/mol. The first-order chi connectivity index (χ1) is 14.4. The van der Waals surface area contributed by atoms with Crippen LogP contribution in [0.1, 0.15) is 32.6 Å². The first kappa shape index (κ1) is 24.2. The maximum atomic E-state index is 13.1. The van der Waals surface area contributed by atoms with Gasteiger partial charge in [-0.15, -0.1) is 0 Å². The molecular weight excluding hydrogens is 439 g/mol. The number of halogens is 3. The van der Waals surface area contributed by atoms with Crippen LogP contribution < -0.4 is 4.72 Å². The van der Waals surface area contributed by atoms with Gasteiger partial charge in [0.25, 0.3) is 0 Å². The highest BCUT2D eigenvalue weighted by molar-refractivity contribution is 7.91. The maximum absolute atomic E-state index is 13.1. The Morgan fingerprint density at radius 3 is 2.26 bits per heavy atom. The van der Waals surface area contributed by atoms with E-state index in [9.17, 15) is 31.2 Å². The van der Waals surface area contributed by atoms with Crippen molar-refractivity contribution < 1.29 is 40.7 Å². The fourth-order valence-electron chi connectivity index (χ4n) is 2.80. The van der Waals surface area contributed by atoms with Gasteiger partial charge in [-0.2, -0.15) is 13.2 Å². The second-order valence-electron chi connectivity index (χ2n) is 6.64. The zero-order valence-corrected chi connectivity index (χ0v) is 17.7. The summed E-state index contributed by atoms with van der Waals surface area (Å²) < 4.78 is 76.1. The molecule has 31 heavy (non-hydrogen) atoms. The molecule has 0 bridgehead atoms. The Hall–Kier alpha value is -3.08. The zero-order chi connectivity index (χ0) is 23.4. The molecule has 0 saturated carbocycles. The third-order valence-corrected chi connectivity index (χ3v) is 5.49. The Morgan fingerprint density at radius 2 is 1.68 bits per heavy atom. The molecule has 0 aliphatic carbocycles. The quantitative estimate of drug-likeness (QED) is 0.637. The Kier molecular flexibility index (Phi) is 7.32. The molecule has 1 N–H and O–H groups in total. The largest absolute Gasteiger partial charge is 0.469 e. The molecule has 0 unspecified atom stereocenters. The van der Waals surface area contributed by atoms with Crippen molar-refractivity contribution in [1.29, 1.82) is 0 Å². The lowest BCUT2D eigenvalue weighted by Gasteiger charge is -2.15. The van der Waals surface area contributed by atoms with Crippen LogP contribution >= 0.6 is 0 Å². The Morgan fingerprint density at radius 1 is 1.00 bits per heavy atom. The molecule has 168 valence electrons. The summed E-state index contributed by atoms with van der Waals surface area (Å²) in [5.41, 5.74) is -0.634. The smallest absolute Gasteiger partial charge is 0.416 e. The van der Waals surface area contributed by atoms with E-state index in [4.69, 9.17) is 0 Å². The van der Waals surface area contributed by atoms with E-state index in [0.29, 0.717) is 17.7 Å². The minimum Gasteiger partial charge on any atom is -0.469 e. The van der Waals surface area contributed by atoms with Crippen LogP contribution in [0.4, 0.5) is 18.9 Å². The molecule has 0 spiro atoms. The van der Waals surface area contributed by atoms with Crippen molar-refractivity contribution in [3.63, 3.8) is 0 Å². The lowest BCUT2D eigenvalue weighted by molar-refractivity contribution is -0.140. The minimum atomic E-state index is -4.73. The number of carbonyl (C=O) groups excluding carboxylic acids is 2. The Bertz CT molecular complexity index is 1100. The molecule has 0 radical (unpaired) electrons. The Balaban J connectivity index is 2.43. The molecule has 0 aromatic heterocycles. The maximum Gasteiger partial charge on any atom is 0.416 e. The van der Waals surface area contributed by atoms with Crippen LogP contribution in [-0.2, 0) is 42.6 Å². The molecular formula is C20H20F3NO6S. The van der Waals surface area contributed by atoms with Crippen LogP contribution in [0.15, 0.2) is 36.4 Å². The molecule has 0 amide bonds. The third kappa shape index (κ3) is 6.45. The number of hydrogen-bond acceptors (Lipinski definition) is 6. The summed E-state index contributed by atoms with van der Waals surface area (Å²) in [5, 5.41) is 0. The van der Waals surface area contributed by atoms with Gasteiger partial charge >= 0.3 is 18.1 Å². The number of aryl methyl sites for hydroxylation is 1. The number of alkyl halides is 3. The van der Waals surface area contributed by atoms with Gasteiger partial charge in [-0.25, -0.2) is 13.2 Å². The highest BCUT2D eigenvalue weighted by Gasteiger charge is 2.32. The molecule has 2 rings (SSSR count). The van der Waals surface area contributed by atoms with Crippen molar-refractivity contribution in [2.45, 2.75) is 25.3 Å². The topological polar surface area (TPSA) is 98.8 Å². The number of rotatable bonds is 7. The van der Waals surface area contributed by atoms with Gasteiger partial charge in [0.05, 0.1) is 43.2 Å². The predicted molar refractivity (Wildman–Crippen MR) is 106 cm³/mol. The zero-order valence-electron chi connectivity index (χ0n) is 16.9. The van der Waals surface area contributed by atoms with Crippen LogP contribution in [-0.4, -0.2) is 34.6 Å². The van der Waals surface area contributed by atoms with Gasteiger partial charge in [0.2, 0.25) is 10.0 Å². The second kappa shape index (κ2) is 9.38. The summed E-state index contributed by atoms with van der Waals surface area (Å²) >= 11 is 0. The molecule has 0 atom stereocenters. The standard InChI is InChI=1S/C20H20F3NO6S/c1-12-4-7-17(13(8-12)10-18(25)29-2)24-31(27,28)11-14-9-15(20(21,22)23)5-6-16(14)19(26)30-3/h4-9,24H,10-11H2,1-3H3. The molecule has 7 nitrogen and oxygen atoms in total. The van der Waals surface area contributed by atoms with Gasteiger partial charge in [0.15, 0.2) is 0 Å². The molecule has 0 aliphatic heterocycles. The fourth-order valence-corrected chi connectivity index (χ4v) is 4.06.